The third kappa shape index (κ3) is 5.25. The maximum Gasteiger partial charge on any atom is 0.328 e. The third-order valence-corrected chi connectivity index (χ3v) is 8.28. The first-order valence-corrected chi connectivity index (χ1v) is 13.5. The number of aliphatic carboxylic acids is 2. The number of fused-ring (bicyclic) bond motifs is 1. The van der Waals surface area contributed by atoms with Gasteiger partial charge in [-0.25, -0.2) is 14.8 Å². The summed E-state index contributed by atoms with van der Waals surface area (Å²) in [5.41, 5.74) is 5.32. The van der Waals surface area contributed by atoms with Gasteiger partial charge in [0.25, 0.3) is 0 Å². The molecular formula is C29H30N3O4S+. The highest BCUT2D eigenvalue weighted by Gasteiger charge is 2.40. The Bertz CT molecular complexity index is 1480. The Kier molecular flexibility index (Phi) is 7.02. The topological polar surface area (TPSA) is 103 Å². The van der Waals surface area contributed by atoms with E-state index in [4.69, 9.17) is 4.98 Å². The number of hydrogen-bond donors (Lipinski definition) is 2. The lowest BCUT2D eigenvalue weighted by atomic mass is 9.87. The molecule has 3 aromatic rings. The number of aromatic nitrogens is 2. The van der Waals surface area contributed by atoms with Crippen molar-refractivity contribution in [1.82, 2.24) is 9.97 Å². The number of benzene rings is 1. The summed E-state index contributed by atoms with van der Waals surface area (Å²) in [7, 11) is 0. The molecule has 5 rings (SSSR count). The smallest absolute Gasteiger partial charge is 0.328 e. The van der Waals surface area contributed by atoms with Crippen molar-refractivity contribution in [2.24, 2.45) is 5.92 Å². The summed E-state index contributed by atoms with van der Waals surface area (Å²) in [6.45, 7) is 3.99. The van der Waals surface area contributed by atoms with Gasteiger partial charge in [-0.2, -0.15) is 4.58 Å². The Labute approximate surface area is 219 Å². The first kappa shape index (κ1) is 25.0. The standard InChI is InChI=1S/C29H29N3O4S/c1-17-29(37-18(2)30-17)25-12-8-19-14-20(9-11-24(19)31-25)28-23(15-27(35)36)21(10-13-26(33)34)16-32(28)22-6-4-3-5-7-22/h8-14,16,22-23H,3-7,15H2,1-2H3,(H-,33,34,35,36)/p+1. The second-order valence-electron chi connectivity index (χ2n) is 9.79. The molecule has 0 radical (unpaired) electrons. The van der Waals surface area contributed by atoms with E-state index in [-0.39, 0.29) is 12.5 Å². The van der Waals surface area contributed by atoms with Crippen LogP contribution in [0.15, 0.2) is 54.3 Å². The Morgan fingerprint density at radius 3 is 2.54 bits per heavy atom. The molecule has 2 aromatic heterocycles. The fourth-order valence-corrected chi connectivity index (χ4v) is 6.46. The first-order chi connectivity index (χ1) is 17.8. The number of aryl methyl sites for hydroxylation is 2. The normalized spacial score (nSPS) is 18.6. The minimum absolute atomic E-state index is 0.104. The van der Waals surface area contributed by atoms with E-state index in [1.54, 1.807) is 17.4 Å². The lowest BCUT2D eigenvalue weighted by molar-refractivity contribution is -0.502. The minimum Gasteiger partial charge on any atom is -0.481 e. The molecule has 1 aromatic carbocycles. The van der Waals surface area contributed by atoms with E-state index >= 15 is 0 Å². The van der Waals surface area contributed by atoms with Crippen LogP contribution in [0, 0.1) is 19.8 Å². The molecule has 0 amide bonds. The first-order valence-electron chi connectivity index (χ1n) is 12.7. The largest absolute Gasteiger partial charge is 0.481 e. The van der Waals surface area contributed by atoms with Crippen molar-refractivity contribution < 1.29 is 24.4 Å². The number of pyridine rings is 1. The van der Waals surface area contributed by atoms with Gasteiger partial charge >= 0.3 is 11.9 Å². The van der Waals surface area contributed by atoms with Gasteiger partial charge in [0.05, 0.1) is 39.1 Å². The third-order valence-electron chi connectivity index (χ3n) is 7.19. The molecular weight excluding hydrogens is 486 g/mol. The Morgan fingerprint density at radius 2 is 1.86 bits per heavy atom. The summed E-state index contributed by atoms with van der Waals surface area (Å²) in [6, 6.07) is 10.4. The van der Waals surface area contributed by atoms with Crippen LogP contribution in [0.5, 0.6) is 0 Å². The fraction of sp³-hybridized carbons (Fsp3) is 0.345. The number of carboxylic acids is 2. The quantitative estimate of drug-likeness (QED) is 0.307. The highest BCUT2D eigenvalue weighted by Crippen LogP contribution is 2.34. The van der Waals surface area contributed by atoms with Crippen molar-refractivity contribution in [2.75, 3.05) is 0 Å². The lowest BCUT2D eigenvalue weighted by Crippen LogP contribution is -2.31. The van der Waals surface area contributed by atoms with E-state index in [0.29, 0.717) is 0 Å². The summed E-state index contributed by atoms with van der Waals surface area (Å²) >= 11 is 1.63. The molecule has 2 N–H and O–H groups in total. The van der Waals surface area contributed by atoms with Crippen LogP contribution in [-0.4, -0.2) is 48.4 Å². The highest BCUT2D eigenvalue weighted by molar-refractivity contribution is 7.15. The van der Waals surface area contributed by atoms with Crippen molar-refractivity contribution in [1.29, 1.82) is 0 Å². The number of thiazole rings is 1. The zero-order valence-corrected chi connectivity index (χ0v) is 21.8. The van der Waals surface area contributed by atoms with E-state index in [0.717, 1.165) is 80.8 Å². The number of hydrogen-bond acceptors (Lipinski definition) is 5. The van der Waals surface area contributed by atoms with E-state index in [9.17, 15) is 19.8 Å². The van der Waals surface area contributed by atoms with Crippen LogP contribution >= 0.6 is 11.3 Å². The van der Waals surface area contributed by atoms with Crippen LogP contribution in [0.1, 0.15) is 54.8 Å². The van der Waals surface area contributed by atoms with Crippen molar-refractivity contribution in [3.63, 3.8) is 0 Å². The summed E-state index contributed by atoms with van der Waals surface area (Å²) in [5, 5.41) is 21.0. The zero-order chi connectivity index (χ0) is 26.1. The van der Waals surface area contributed by atoms with Crippen molar-refractivity contribution in [3.05, 3.63) is 70.5 Å². The molecule has 2 aliphatic rings. The maximum absolute atomic E-state index is 11.9. The van der Waals surface area contributed by atoms with Gasteiger partial charge in [-0.3, -0.25) is 4.79 Å². The molecule has 1 saturated carbocycles. The molecule has 7 nitrogen and oxygen atoms in total. The molecule has 190 valence electrons. The highest BCUT2D eigenvalue weighted by atomic mass is 32.1. The SMILES string of the molecule is Cc1nc(C)c(-c2ccc3cc(C4=[N+](C5CCCCC5)C=C(C=CC(=O)O)C4CC(=O)O)ccc3n2)s1. The van der Waals surface area contributed by atoms with Crippen LogP contribution in [0.25, 0.3) is 21.5 Å². The molecule has 1 aliphatic heterocycles. The van der Waals surface area contributed by atoms with E-state index < -0.39 is 17.9 Å². The van der Waals surface area contributed by atoms with Gasteiger partial charge in [-0.1, -0.05) is 12.5 Å². The predicted molar refractivity (Wildman–Crippen MR) is 144 cm³/mol. The minimum atomic E-state index is -1.05. The van der Waals surface area contributed by atoms with E-state index in [2.05, 4.69) is 21.7 Å². The summed E-state index contributed by atoms with van der Waals surface area (Å²) in [4.78, 5) is 33.6. The summed E-state index contributed by atoms with van der Waals surface area (Å²) in [6.07, 6.45) is 10.0. The Morgan fingerprint density at radius 1 is 1.08 bits per heavy atom. The number of allylic oxidation sites excluding steroid dienone is 2. The predicted octanol–water partition coefficient (Wildman–Crippen LogP) is 5.74. The van der Waals surface area contributed by atoms with E-state index in [1.165, 1.54) is 6.42 Å². The zero-order valence-electron chi connectivity index (χ0n) is 21.0. The Hall–Kier alpha value is -3.65. The van der Waals surface area contributed by atoms with Gasteiger partial charge in [0.1, 0.15) is 0 Å². The lowest BCUT2D eigenvalue weighted by Gasteiger charge is -2.20. The molecule has 37 heavy (non-hydrogen) atoms. The number of carboxylic acid groups (broad SMARTS) is 2. The van der Waals surface area contributed by atoms with Crippen LogP contribution in [0.2, 0.25) is 0 Å². The molecule has 1 fully saturated rings. The molecule has 0 spiro atoms. The van der Waals surface area contributed by atoms with Gasteiger partial charge in [0, 0.05) is 35.4 Å². The van der Waals surface area contributed by atoms with Crippen LogP contribution in [0.3, 0.4) is 0 Å². The van der Waals surface area contributed by atoms with Gasteiger partial charge in [-0.05, 0) is 57.0 Å². The van der Waals surface area contributed by atoms with Gasteiger partial charge < -0.3 is 10.2 Å². The number of carbonyl (C=O) groups is 2. The molecule has 1 aliphatic carbocycles. The second-order valence-corrected chi connectivity index (χ2v) is 11.0. The average molecular weight is 517 g/mol. The summed E-state index contributed by atoms with van der Waals surface area (Å²) in [5.74, 6) is -2.39. The van der Waals surface area contributed by atoms with Gasteiger partial charge in [0.15, 0.2) is 18.0 Å². The Balaban J connectivity index is 1.60. The molecule has 1 unspecified atom stereocenters. The van der Waals surface area contributed by atoms with E-state index in [1.807, 2.05) is 38.2 Å². The summed E-state index contributed by atoms with van der Waals surface area (Å²) < 4.78 is 2.22. The monoisotopic (exact) mass is 516 g/mol. The average Bonchev–Trinajstić information content (AvgIpc) is 3.40. The number of nitrogens with zero attached hydrogens (tertiary/aromatic N) is 3. The maximum atomic E-state index is 11.9. The molecule has 0 bridgehead atoms. The molecule has 1 atom stereocenters. The molecule has 3 heterocycles. The molecule has 8 heteroatoms. The van der Waals surface area contributed by atoms with Crippen LogP contribution < -0.4 is 0 Å². The van der Waals surface area contributed by atoms with Gasteiger partial charge in [-0.15, -0.1) is 11.3 Å². The van der Waals surface area contributed by atoms with Crippen LogP contribution in [0.4, 0.5) is 0 Å². The van der Waals surface area contributed by atoms with Crippen molar-refractivity contribution in [2.45, 2.75) is 58.4 Å². The second kappa shape index (κ2) is 10.4. The van der Waals surface area contributed by atoms with Crippen LogP contribution in [-0.2, 0) is 9.59 Å². The van der Waals surface area contributed by atoms with Gasteiger partial charge in [0.2, 0.25) is 0 Å². The van der Waals surface area contributed by atoms with Crippen molar-refractivity contribution >= 4 is 39.9 Å². The fourth-order valence-electron chi connectivity index (χ4n) is 5.57. The van der Waals surface area contributed by atoms with Crippen molar-refractivity contribution in [3.8, 4) is 10.6 Å². The molecule has 0 saturated heterocycles. The number of rotatable bonds is 7.